The molecule has 7 atom stereocenters. The summed E-state index contributed by atoms with van der Waals surface area (Å²) >= 11 is 0. The maximum absolute atomic E-state index is 9.55. The quantitative estimate of drug-likeness (QED) is 0.426. The summed E-state index contributed by atoms with van der Waals surface area (Å²) in [5, 5.41) is 16.6. The van der Waals surface area contributed by atoms with Crippen molar-refractivity contribution in [3.8, 4) is 18.9 Å². The highest BCUT2D eigenvalue weighted by Gasteiger charge is 2.59. The first kappa shape index (κ1) is 28.0. The Labute approximate surface area is 182 Å². The Hall–Kier alpha value is -0.990. The Bertz CT molecular complexity index is 506. The third-order valence-corrected chi connectivity index (χ3v) is 8.74. The van der Waals surface area contributed by atoms with Gasteiger partial charge in [0.05, 0.1) is 12.0 Å². The minimum atomic E-state index is 0.348. The van der Waals surface area contributed by atoms with Crippen LogP contribution < -0.4 is 0 Å². The minimum Gasteiger partial charge on any atom is -0.400 e. The number of terminal acetylenes is 1. The van der Waals surface area contributed by atoms with E-state index in [0.29, 0.717) is 16.7 Å². The zero-order chi connectivity index (χ0) is 22.7. The molecule has 0 heterocycles. The minimum absolute atomic E-state index is 0.348. The molecular formula is C27H49NO. The molecule has 4 fully saturated rings. The monoisotopic (exact) mass is 403 g/mol. The number of nitrogens with zero attached hydrogens (tertiary/aromatic N) is 1. The van der Waals surface area contributed by atoms with Gasteiger partial charge >= 0.3 is 0 Å². The Morgan fingerprint density at radius 3 is 1.93 bits per heavy atom. The summed E-state index contributed by atoms with van der Waals surface area (Å²) in [5.74, 6) is 4.15. The second kappa shape index (κ2) is 13.3. The van der Waals surface area contributed by atoms with E-state index in [2.05, 4.69) is 32.8 Å². The Kier molecular flexibility index (Phi) is 12.9. The third-order valence-electron chi connectivity index (χ3n) is 8.74. The fourth-order valence-corrected chi connectivity index (χ4v) is 7.51. The van der Waals surface area contributed by atoms with Crippen molar-refractivity contribution in [1.29, 1.82) is 5.26 Å². The number of nitriles is 1. The third kappa shape index (κ3) is 5.20. The van der Waals surface area contributed by atoms with E-state index in [9.17, 15) is 5.26 Å². The van der Waals surface area contributed by atoms with Crippen LogP contribution in [-0.4, -0.2) is 12.2 Å². The van der Waals surface area contributed by atoms with Gasteiger partial charge in [0, 0.05) is 7.11 Å². The standard InChI is InChI=1S/C20H31N.2C2H6.C2H2.CH4O/c1-19-11-4-3-5-14(19)6-8-16-17-9-7-15(13-21)20(17,2)12-10-18(16)19;4*1-2/h14-18H,3-12H2,1-2H3;2*1-2H3;1-2H;2H,1H3. The molecule has 0 aromatic heterocycles. The van der Waals surface area contributed by atoms with Crippen molar-refractivity contribution in [2.45, 2.75) is 106 Å². The van der Waals surface area contributed by atoms with Gasteiger partial charge in [-0.05, 0) is 85.9 Å². The van der Waals surface area contributed by atoms with Gasteiger partial charge in [-0.3, -0.25) is 0 Å². The van der Waals surface area contributed by atoms with Crippen molar-refractivity contribution in [2.75, 3.05) is 7.11 Å². The molecule has 4 saturated carbocycles. The lowest BCUT2D eigenvalue weighted by Crippen LogP contribution is -2.52. The lowest BCUT2D eigenvalue weighted by atomic mass is 9.45. The second-order valence-electron chi connectivity index (χ2n) is 9.21. The first-order valence-corrected chi connectivity index (χ1v) is 12.3. The fourth-order valence-electron chi connectivity index (χ4n) is 7.51. The highest BCUT2D eigenvalue weighted by molar-refractivity contribution is 5.12. The van der Waals surface area contributed by atoms with Crippen LogP contribution in [0.25, 0.3) is 0 Å². The number of hydrogen-bond donors (Lipinski definition) is 1. The van der Waals surface area contributed by atoms with Gasteiger partial charge in [-0.25, -0.2) is 0 Å². The number of rotatable bonds is 0. The summed E-state index contributed by atoms with van der Waals surface area (Å²) in [5.41, 5.74) is 1.00. The van der Waals surface area contributed by atoms with Crippen LogP contribution in [0.3, 0.4) is 0 Å². The molecule has 4 aliphatic rings. The Morgan fingerprint density at radius 1 is 0.759 bits per heavy atom. The van der Waals surface area contributed by atoms with Gasteiger partial charge in [-0.1, -0.05) is 54.4 Å². The lowest BCUT2D eigenvalue weighted by molar-refractivity contribution is -0.107. The number of hydrogen-bond acceptors (Lipinski definition) is 2. The largest absolute Gasteiger partial charge is 0.400 e. The molecule has 4 aliphatic carbocycles. The van der Waals surface area contributed by atoms with Gasteiger partial charge in [0.1, 0.15) is 0 Å². The topological polar surface area (TPSA) is 44.0 Å². The van der Waals surface area contributed by atoms with Crippen molar-refractivity contribution in [3.05, 3.63) is 0 Å². The molecule has 1 N–H and O–H groups in total. The smallest absolute Gasteiger partial charge is 0.0661 e. The fraction of sp³-hybridized carbons (Fsp3) is 0.889. The van der Waals surface area contributed by atoms with Gasteiger partial charge in [-0.2, -0.15) is 5.26 Å². The SMILES string of the molecule is C#C.CC.CC.CC12CCC3C(CCC4CCCCC43C)C1CCC2C#N.CO. The van der Waals surface area contributed by atoms with Gasteiger partial charge < -0.3 is 5.11 Å². The van der Waals surface area contributed by atoms with E-state index in [4.69, 9.17) is 5.11 Å². The van der Waals surface area contributed by atoms with Gasteiger partial charge in [-0.15, -0.1) is 12.8 Å². The summed E-state index contributed by atoms with van der Waals surface area (Å²) in [6.07, 6.45) is 22.2. The number of aliphatic hydroxyl groups is 1. The molecule has 0 aromatic rings. The van der Waals surface area contributed by atoms with E-state index in [1.807, 2.05) is 27.7 Å². The summed E-state index contributed by atoms with van der Waals surface area (Å²) in [7, 11) is 1.00. The molecule has 2 nitrogen and oxygen atoms in total. The molecule has 0 aliphatic heterocycles. The van der Waals surface area contributed by atoms with Crippen LogP contribution in [0.15, 0.2) is 0 Å². The second-order valence-corrected chi connectivity index (χ2v) is 9.21. The van der Waals surface area contributed by atoms with Crippen molar-refractivity contribution in [3.63, 3.8) is 0 Å². The van der Waals surface area contributed by atoms with Crippen LogP contribution in [-0.2, 0) is 0 Å². The Balaban J connectivity index is 0.000000881. The summed E-state index contributed by atoms with van der Waals surface area (Å²) in [6.45, 7) is 13.1. The van der Waals surface area contributed by atoms with E-state index in [0.717, 1.165) is 30.8 Å². The zero-order valence-corrected chi connectivity index (χ0v) is 20.5. The number of fused-ring (bicyclic) bond motifs is 5. The van der Waals surface area contributed by atoms with Gasteiger partial charge in [0.2, 0.25) is 0 Å². The molecule has 2 heteroatoms. The van der Waals surface area contributed by atoms with Crippen molar-refractivity contribution < 1.29 is 5.11 Å². The van der Waals surface area contributed by atoms with Crippen LogP contribution in [0.4, 0.5) is 0 Å². The maximum atomic E-state index is 9.55. The molecule has 0 bridgehead atoms. The predicted octanol–water partition coefficient (Wildman–Crippen LogP) is 7.47. The lowest BCUT2D eigenvalue weighted by Gasteiger charge is -2.60. The summed E-state index contributed by atoms with van der Waals surface area (Å²) in [4.78, 5) is 0. The van der Waals surface area contributed by atoms with Crippen LogP contribution in [0.2, 0.25) is 0 Å². The van der Waals surface area contributed by atoms with E-state index in [1.54, 1.807) is 0 Å². The molecule has 29 heavy (non-hydrogen) atoms. The molecular weight excluding hydrogens is 354 g/mol. The average Bonchev–Trinajstić information content (AvgIpc) is 3.15. The molecule has 0 radical (unpaired) electrons. The van der Waals surface area contributed by atoms with E-state index in [-0.39, 0.29) is 0 Å². The van der Waals surface area contributed by atoms with E-state index >= 15 is 0 Å². The van der Waals surface area contributed by atoms with Crippen molar-refractivity contribution in [1.82, 2.24) is 0 Å². The number of aliphatic hydroxyl groups excluding tert-OH is 1. The normalized spacial score (nSPS) is 41.2. The van der Waals surface area contributed by atoms with Crippen LogP contribution >= 0.6 is 0 Å². The molecule has 4 rings (SSSR count). The summed E-state index contributed by atoms with van der Waals surface area (Å²) < 4.78 is 0. The predicted molar refractivity (Wildman–Crippen MR) is 126 cm³/mol. The Morgan fingerprint density at radius 2 is 1.34 bits per heavy atom. The van der Waals surface area contributed by atoms with Crippen molar-refractivity contribution in [2.24, 2.45) is 40.4 Å². The van der Waals surface area contributed by atoms with Crippen LogP contribution in [0, 0.1) is 64.6 Å². The first-order valence-electron chi connectivity index (χ1n) is 12.3. The average molecular weight is 404 g/mol. The highest BCUT2D eigenvalue weighted by atomic mass is 16.2. The van der Waals surface area contributed by atoms with Gasteiger partial charge in [0.25, 0.3) is 0 Å². The van der Waals surface area contributed by atoms with Crippen LogP contribution in [0.1, 0.15) is 106 Å². The zero-order valence-electron chi connectivity index (χ0n) is 20.5. The van der Waals surface area contributed by atoms with Gasteiger partial charge in [0.15, 0.2) is 0 Å². The van der Waals surface area contributed by atoms with E-state index < -0.39 is 0 Å². The molecule has 0 amide bonds. The highest BCUT2D eigenvalue weighted by Crippen LogP contribution is 2.67. The molecule has 0 saturated heterocycles. The van der Waals surface area contributed by atoms with Crippen LogP contribution in [0.5, 0.6) is 0 Å². The summed E-state index contributed by atoms with van der Waals surface area (Å²) in [6, 6.07) is 2.66. The molecule has 168 valence electrons. The molecule has 0 spiro atoms. The molecule has 0 aromatic carbocycles. The maximum Gasteiger partial charge on any atom is 0.0661 e. The molecule has 7 unspecified atom stereocenters. The first-order chi connectivity index (χ1) is 14.1. The van der Waals surface area contributed by atoms with E-state index in [1.165, 1.54) is 64.2 Å². The van der Waals surface area contributed by atoms with Crippen molar-refractivity contribution >= 4 is 0 Å².